The zero-order chi connectivity index (χ0) is 16.6. The first-order valence-electron chi connectivity index (χ1n) is 8.08. The van der Waals surface area contributed by atoms with Gasteiger partial charge in [0.05, 0.1) is 3.57 Å². The Morgan fingerprint density at radius 1 is 1.17 bits per heavy atom. The van der Waals surface area contributed by atoms with E-state index in [-0.39, 0.29) is 5.41 Å². The summed E-state index contributed by atoms with van der Waals surface area (Å²) in [6, 6.07) is 10.6. The minimum Gasteiger partial charge on any atom is -0.342 e. The first-order chi connectivity index (χ1) is 11.7. The molecular formula is C17H19IN6. The standard InChI is InChI=1S/C17H19IN6/c18-14-10-20-16(24-12-21-22-15(14)24)23-8-6-17(11-19,7-9-23)13-4-2-1-3-5-13/h1-5,10,12H,6-9,11,19H2. The minimum absolute atomic E-state index is 0.0628. The van der Waals surface area contributed by atoms with Gasteiger partial charge in [0, 0.05) is 31.2 Å². The smallest absolute Gasteiger partial charge is 0.212 e. The molecule has 1 fully saturated rings. The van der Waals surface area contributed by atoms with E-state index in [4.69, 9.17) is 5.73 Å². The lowest BCUT2D eigenvalue weighted by Gasteiger charge is -2.42. The summed E-state index contributed by atoms with van der Waals surface area (Å²) < 4.78 is 2.98. The molecule has 0 spiro atoms. The van der Waals surface area contributed by atoms with E-state index in [0.717, 1.165) is 41.1 Å². The number of rotatable bonds is 3. The summed E-state index contributed by atoms with van der Waals surface area (Å²) in [4.78, 5) is 6.93. The second kappa shape index (κ2) is 6.29. The van der Waals surface area contributed by atoms with Gasteiger partial charge in [-0.3, -0.25) is 4.40 Å². The Labute approximate surface area is 154 Å². The van der Waals surface area contributed by atoms with E-state index in [0.29, 0.717) is 6.54 Å². The average Bonchev–Trinajstić information content (AvgIpc) is 3.14. The number of nitrogens with two attached hydrogens (primary N) is 1. The van der Waals surface area contributed by atoms with Crippen LogP contribution in [0.4, 0.5) is 5.95 Å². The molecule has 3 heterocycles. The predicted octanol–water partition coefficient (Wildman–Crippen LogP) is 2.23. The quantitative estimate of drug-likeness (QED) is 0.641. The van der Waals surface area contributed by atoms with Crippen LogP contribution in [0.3, 0.4) is 0 Å². The van der Waals surface area contributed by atoms with Crippen molar-refractivity contribution in [2.24, 2.45) is 5.73 Å². The van der Waals surface area contributed by atoms with Crippen LogP contribution in [0.25, 0.3) is 5.65 Å². The fraction of sp³-hybridized carbons (Fsp3) is 0.353. The first kappa shape index (κ1) is 15.8. The summed E-state index contributed by atoms with van der Waals surface area (Å²) in [5.41, 5.74) is 8.46. The van der Waals surface area contributed by atoms with E-state index in [2.05, 4.69) is 73.0 Å². The monoisotopic (exact) mass is 434 g/mol. The maximum atomic E-state index is 6.19. The molecular weight excluding hydrogens is 415 g/mol. The Balaban J connectivity index is 1.61. The SMILES string of the molecule is NCC1(c2ccccc2)CCN(c2ncc(I)c3nncn23)CC1. The van der Waals surface area contributed by atoms with Crippen LogP contribution in [0.1, 0.15) is 18.4 Å². The molecule has 2 aromatic heterocycles. The lowest BCUT2D eigenvalue weighted by atomic mass is 9.73. The molecule has 24 heavy (non-hydrogen) atoms. The number of fused-ring (bicyclic) bond motifs is 1. The van der Waals surface area contributed by atoms with Crippen LogP contribution in [-0.2, 0) is 5.41 Å². The molecule has 124 valence electrons. The molecule has 1 saturated heterocycles. The van der Waals surface area contributed by atoms with E-state index in [1.165, 1.54) is 5.56 Å². The molecule has 1 aromatic carbocycles. The maximum Gasteiger partial charge on any atom is 0.212 e. The molecule has 0 bridgehead atoms. The first-order valence-corrected chi connectivity index (χ1v) is 9.16. The highest BCUT2D eigenvalue weighted by Gasteiger charge is 2.35. The number of benzene rings is 1. The molecule has 1 aliphatic rings. The topological polar surface area (TPSA) is 72.3 Å². The molecule has 4 rings (SSSR count). The summed E-state index contributed by atoms with van der Waals surface area (Å²) in [6.45, 7) is 2.52. The van der Waals surface area contributed by atoms with E-state index >= 15 is 0 Å². The van der Waals surface area contributed by atoms with Gasteiger partial charge in [-0.1, -0.05) is 30.3 Å². The largest absolute Gasteiger partial charge is 0.342 e. The van der Waals surface area contributed by atoms with Crippen LogP contribution in [0, 0.1) is 3.57 Å². The number of nitrogens with zero attached hydrogens (tertiary/aromatic N) is 5. The number of aromatic nitrogens is 4. The van der Waals surface area contributed by atoms with Gasteiger partial charge in [0.25, 0.3) is 0 Å². The summed E-state index contributed by atoms with van der Waals surface area (Å²) in [6.07, 6.45) is 5.64. The zero-order valence-corrected chi connectivity index (χ0v) is 15.4. The van der Waals surface area contributed by atoms with Crippen LogP contribution in [0.15, 0.2) is 42.9 Å². The number of hydrogen-bond donors (Lipinski definition) is 1. The molecule has 0 atom stereocenters. The van der Waals surface area contributed by atoms with Gasteiger partial charge in [-0.15, -0.1) is 10.2 Å². The van der Waals surface area contributed by atoms with Crippen LogP contribution in [-0.4, -0.2) is 39.2 Å². The van der Waals surface area contributed by atoms with Crippen molar-refractivity contribution < 1.29 is 0 Å². The van der Waals surface area contributed by atoms with Gasteiger partial charge in [-0.25, -0.2) is 4.98 Å². The van der Waals surface area contributed by atoms with Crippen molar-refractivity contribution in [1.29, 1.82) is 0 Å². The van der Waals surface area contributed by atoms with Crippen molar-refractivity contribution in [3.8, 4) is 0 Å². The van der Waals surface area contributed by atoms with Gasteiger partial charge >= 0.3 is 0 Å². The average molecular weight is 434 g/mol. The van der Waals surface area contributed by atoms with Crippen LogP contribution in [0.5, 0.6) is 0 Å². The lowest BCUT2D eigenvalue weighted by molar-refractivity contribution is 0.337. The number of piperidine rings is 1. The maximum absolute atomic E-state index is 6.19. The van der Waals surface area contributed by atoms with Gasteiger partial charge < -0.3 is 10.6 Å². The lowest BCUT2D eigenvalue weighted by Crippen LogP contribution is -2.47. The second-order valence-corrected chi connectivity index (χ2v) is 7.43. The summed E-state index contributed by atoms with van der Waals surface area (Å²) in [7, 11) is 0. The van der Waals surface area contributed by atoms with E-state index < -0.39 is 0 Å². The van der Waals surface area contributed by atoms with Gasteiger partial charge in [0.1, 0.15) is 6.33 Å². The molecule has 0 saturated carbocycles. The number of hydrogen-bond acceptors (Lipinski definition) is 5. The molecule has 0 amide bonds. The molecule has 2 N–H and O–H groups in total. The predicted molar refractivity (Wildman–Crippen MR) is 102 cm³/mol. The summed E-state index contributed by atoms with van der Waals surface area (Å²) >= 11 is 2.24. The fourth-order valence-electron chi connectivity index (χ4n) is 3.55. The van der Waals surface area contributed by atoms with Crippen molar-refractivity contribution in [2.75, 3.05) is 24.5 Å². The summed E-state index contributed by atoms with van der Waals surface area (Å²) in [5.74, 6) is 0.911. The van der Waals surface area contributed by atoms with Crippen LogP contribution in [0.2, 0.25) is 0 Å². The Bertz CT molecular complexity index is 839. The van der Waals surface area contributed by atoms with Crippen molar-refractivity contribution in [1.82, 2.24) is 19.6 Å². The second-order valence-electron chi connectivity index (χ2n) is 6.27. The molecule has 3 aromatic rings. The molecule has 7 heteroatoms. The van der Waals surface area contributed by atoms with Crippen molar-refractivity contribution in [2.45, 2.75) is 18.3 Å². The highest BCUT2D eigenvalue weighted by atomic mass is 127. The normalized spacial score (nSPS) is 17.3. The van der Waals surface area contributed by atoms with Crippen LogP contribution >= 0.6 is 22.6 Å². The van der Waals surface area contributed by atoms with Gasteiger partial charge in [-0.05, 0) is 41.0 Å². The molecule has 6 nitrogen and oxygen atoms in total. The Morgan fingerprint density at radius 3 is 2.62 bits per heavy atom. The molecule has 0 aliphatic carbocycles. The third-order valence-electron chi connectivity index (χ3n) is 5.05. The van der Waals surface area contributed by atoms with Gasteiger partial charge in [-0.2, -0.15) is 0 Å². The Hall–Kier alpha value is -1.74. The Morgan fingerprint density at radius 2 is 1.92 bits per heavy atom. The van der Waals surface area contributed by atoms with E-state index in [1.54, 1.807) is 6.33 Å². The fourth-order valence-corrected chi connectivity index (χ4v) is 4.06. The number of anilines is 1. The molecule has 0 unspecified atom stereocenters. The van der Waals surface area contributed by atoms with Gasteiger partial charge in [0.15, 0.2) is 5.65 Å². The molecule has 0 radical (unpaired) electrons. The summed E-state index contributed by atoms with van der Waals surface area (Å²) in [5, 5.41) is 8.22. The van der Waals surface area contributed by atoms with Crippen molar-refractivity contribution in [3.05, 3.63) is 52.0 Å². The minimum atomic E-state index is 0.0628. The highest BCUT2D eigenvalue weighted by molar-refractivity contribution is 14.1. The third kappa shape index (κ3) is 2.55. The van der Waals surface area contributed by atoms with E-state index in [9.17, 15) is 0 Å². The zero-order valence-electron chi connectivity index (χ0n) is 13.3. The Kier molecular flexibility index (Phi) is 4.13. The molecule has 1 aliphatic heterocycles. The van der Waals surface area contributed by atoms with Gasteiger partial charge in [0.2, 0.25) is 5.95 Å². The third-order valence-corrected chi connectivity index (χ3v) is 5.81. The van der Waals surface area contributed by atoms with E-state index in [1.807, 2.05) is 10.6 Å². The van der Waals surface area contributed by atoms with Crippen molar-refractivity contribution in [3.63, 3.8) is 0 Å². The van der Waals surface area contributed by atoms with Crippen molar-refractivity contribution >= 4 is 34.2 Å². The highest BCUT2D eigenvalue weighted by Crippen LogP contribution is 2.35. The van der Waals surface area contributed by atoms with Crippen LogP contribution < -0.4 is 10.6 Å². The number of halogens is 1.